The second kappa shape index (κ2) is 13.4. The van der Waals surface area contributed by atoms with Crippen LogP contribution in [0.1, 0.15) is 69.4 Å². The average molecular weight is 541 g/mol. The third-order valence-corrected chi connectivity index (χ3v) is 9.17. The molecular weight excluding hydrogens is 496 g/mol. The second-order valence-electron chi connectivity index (χ2n) is 11.2. The zero-order valence-electron chi connectivity index (χ0n) is 23.3. The number of methoxy groups -OCH3 is 1. The maximum Gasteiger partial charge on any atom is 0.225 e. The highest BCUT2D eigenvalue weighted by molar-refractivity contribution is 6.33. The zero-order valence-corrected chi connectivity index (χ0v) is 24.1. The molecule has 4 atom stereocenters. The van der Waals surface area contributed by atoms with Crippen LogP contribution in [-0.2, 0) is 21.6 Å². The minimum absolute atomic E-state index is 0.0594. The first-order valence-corrected chi connectivity index (χ1v) is 14.8. The Balaban J connectivity index is 1.68. The standard InChI is InChI=1S/C32H45ClN2O3/c1-4-23-10-7-11-24(20-23)30-28(13-8-14-29(30)33)32(37,17-5-6-19-38-3)26-12-9-18-35(22-26)31(36)25-15-16-27(21-25)34-2/h7-8,10-11,13-14,20,25-27,34,37H,4-6,9,12,15-19,21-22H2,1-3H3. The number of hydrogen-bond donors (Lipinski definition) is 2. The van der Waals surface area contributed by atoms with E-state index in [0.29, 0.717) is 30.6 Å². The third kappa shape index (κ3) is 6.44. The van der Waals surface area contributed by atoms with Gasteiger partial charge in [-0.25, -0.2) is 0 Å². The van der Waals surface area contributed by atoms with E-state index in [2.05, 4.69) is 36.5 Å². The topological polar surface area (TPSA) is 61.8 Å². The fourth-order valence-corrected chi connectivity index (χ4v) is 6.90. The monoisotopic (exact) mass is 540 g/mol. The van der Waals surface area contributed by atoms with Gasteiger partial charge in [-0.15, -0.1) is 0 Å². The fraction of sp³-hybridized carbons (Fsp3) is 0.594. The molecule has 0 spiro atoms. The molecule has 1 aliphatic carbocycles. The summed E-state index contributed by atoms with van der Waals surface area (Å²) in [6, 6.07) is 14.8. The first kappa shape index (κ1) is 29.1. The Kier molecular flexibility index (Phi) is 10.3. The van der Waals surface area contributed by atoms with Gasteiger partial charge >= 0.3 is 0 Å². The molecule has 1 heterocycles. The van der Waals surface area contributed by atoms with Crippen molar-refractivity contribution < 1.29 is 14.6 Å². The van der Waals surface area contributed by atoms with E-state index in [1.165, 1.54) is 5.56 Å². The van der Waals surface area contributed by atoms with Gasteiger partial charge in [0.2, 0.25) is 5.91 Å². The Morgan fingerprint density at radius 1 is 1.18 bits per heavy atom. The van der Waals surface area contributed by atoms with Crippen LogP contribution in [0, 0.1) is 11.8 Å². The molecule has 6 heteroatoms. The summed E-state index contributed by atoms with van der Waals surface area (Å²) in [5.41, 5.74) is 2.97. The SMILES string of the molecule is CCc1cccc(-c2c(Cl)cccc2C(O)(CCCCOC)C2CCCN(C(=O)C3CCC(NC)C3)C2)c1. The van der Waals surface area contributed by atoms with Crippen LogP contribution in [-0.4, -0.2) is 55.8 Å². The van der Waals surface area contributed by atoms with Gasteiger partial charge in [0.05, 0.1) is 5.60 Å². The van der Waals surface area contributed by atoms with Gasteiger partial charge in [-0.1, -0.05) is 54.9 Å². The van der Waals surface area contributed by atoms with Crippen molar-refractivity contribution in [2.45, 2.75) is 76.4 Å². The number of ether oxygens (including phenoxy) is 1. The number of rotatable bonds is 11. The van der Waals surface area contributed by atoms with E-state index in [4.69, 9.17) is 16.3 Å². The van der Waals surface area contributed by atoms with Crippen LogP contribution in [0.15, 0.2) is 42.5 Å². The van der Waals surface area contributed by atoms with Crippen molar-refractivity contribution in [1.29, 1.82) is 0 Å². The molecule has 38 heavy (non-hydrogen) atoms. The predicted molar refractivity (Wildman–Crippen MR) is 155 cm³/mol. The number of aryl methyl sites for hydroxylation is 1. The number of nitrogens with zero attached hydrogens (tertiary/aromatic N) is 1. The van der Waals surface area contributed by atoms with Crippen LogP contribution in [0.5, 0.6) is 0 Å². The molecule has 2 aromatic rings. The lowest BCUT2D eigenvalue weighted by Crippen LogP contribution is -2.49. The van der Waals surface area contributed by atoms with E-state index in [1.807, 2.05) is 30.1 Å². The van der Waals surface area contributed by atoms with Crippen molar-refractivity contribution in [1.82, 2.24) is 10.2 Å². The molecule has 0 bridgehead atoms. The largest absolute Gasteiger partial charge is 0.385 e. The highest BCUT2D eigenvalue weighted by Gasteiger charge is 2.44. The summed E-state index contributed by atoms with van der Waals surface area (Å²) < 4.78 is 5.31. The van der Waals surface area contributed by atoms with Gasteiger partial charge in [-0.05, 0) is 87.6 Å². The number of piperidine rings is 1. The lowest BCUT2D eigenvalue weighted by atomic mass is 9.72. The summed E-state index contributed by atoms with van der Waals surface area (Å²) in [6.45, 7) is 4.17. The van der Waals surface area contributed by atoms with Crippen molar-refractivity contribution in [3.8, 4) is 11.1 Å². The summed E-state index contributed by atoms with van der Waals surface area (Å²) in [6.07, 6.45) is 7.94. The van der Waals surface area contributed by atoms with E-state index in [-0.39, 0.29) is 17.7 Å². The molecule has 2 aliphatic rings. The molecule has 2 aromatic carbocycles. The van der Waals surface area contributed by atoms with Crippen LogP contribution in [0.3, 0.4) is 0 Å². The molecule has 4 unspecified atom stereocenters. The molecule has 2 fully saturated rings. The molecule has 4 rings (SSSR count). The van der Waals surface area contributed by atoms with Crippen molar-refractivity contribution in [3.05, 3.63) is 58.6 Å². The van der Waals surface area contributed by atoms with Gasteiger partial charge < -0.3 is 20.1 Å². The Morgan fingerprint density at radius 2 is 2.00 bits per heavy atom. The van der Waals surface area contributed by atoms with E-state index in [1.54, 1.807) is 7.11 Å². The van der Waals surface area contributed by atoms with Crippen molar-refractivity contribution in [3.63, 3.8) is 0 Å². The maximum atomic E-state index is 13.6. The van der Waals surface area contributed by atoms with Crippen LogP contribution in [0.4, 0.5) is 0 Å². The smallest absolute Gasteiger partial charge is 0.225 e. The summed E-state index contributed by atoms with van der Waals surface area (Å²) in [5.74, 6) is 0.284. The number of unbranched alkanes of at least 4 members (excludes halogenated alkanes) is 1. The Bertz CT molecular complexity index is 1080. The quantitative estimate of drug-likeness (QED) is 0.333. The van der Waals surface area contributed by atoms with Crippen molar-refractivity contribution >= 4 is 17.5 Å². The van der Waals surface area contributed by atoms with Crippen molar-refractivity contribution in [2.75, 3.05) is 33.9 Å². The van der Waals surface area contributed by atoms with Gasteiger partial charge in [0.1, 0.15) is 0 Å². The zero-order chi connectivity index (χ0) is 27.1. The molecule has 1 saturated heterocycles. The van der Waals surface area contributed by atoms with Gasteiger partial charge in [-0.3, -0.25) is 4.79 Å². The van der Waals surface area contributed by atoms with Crippen LogP contribution in [0.25, 0.3) is 11.1 Å². The molecule has 1 amide bonds. The van der Waals surface area contributed by atoms with E-state index < -0.39 is 5.60 Å². The number of carbonyl (C=O) groups is 1. The molecule has 1 saturated carbocycles. The Labute approximate surface area is 233 Å². The number of aliphatic hydroxyl groups is 1. The molecule has 0 aromatic heterocycles. The number of benzene rings is 2. The molecule has 5 nitrogen and oxygen atoms in total. The highest BCUT2D eigenvalue weighted by Crippen LogP contribution is 2.46. The first-order valence-electron chi connectivity index (χ1n) is 14.5. The van der Waals surface area contributed by atoms with E-state index in [9.17, 15) is 9.90 Å². The summed E-state index contributed by atoms with van der Waals surface area (Å²) >= 11 is 6.88. The summed E-state index contributed by atoms with van der Waals surface area (Å²) in [4.78, 5) is 15.6. The van der Waals surface area contributed by atoms with Gasteiger partial charge in [-0.2, -0.15) is 0 Å². The molecule has 208 valence electrons. The normalized spacial score (nSPS) is 23.4. The summed E-state index contributed by atoms with van der Waals surface area (Å²) in [7, 11) is 3.70. The highest BCUT2D eigenvalue weighted by atomic mass is 35.5. The minimum atomic E-state index is -1.10. The number of likely N-dealkylation sites (tertiary alicyclic amines) is 1. The maximum absolute atomic E-state index is 13.6. The second-order valence-corrected chi connectivity index (χ2v) is 11.6. The lowest BCUT2D eigenvalue weighted by molar-refractivity contribution is -0.141. The van der Waals surface area contributed by atoms with Crippen LogP contribution >= 0.6 is 11.6 Å². The van der Waals surface area contributed by atoms with Gasteiger partial charge in [0.25, 0.3) is 0 Å². The van der Waals surface area contributed by atoms with Crippen molar-refractivity contribution in [2.24, 2.45) is 11.8 Å². The molecule has 1 aliphatic heterocycles. The lowest BCUT2D eigenvalue weighted by Gasteiger charge is -2.44. The summed E-state index contributed by atoms with van der Waals surface area (Å²) in [5, 5.41) is 16.7. The third-order valence-electron chi connectivity index (χ3n) is 8.86. The predicted octanol–water partition coefficient (Wildman–Crippen LogP) is 6.20. The van der Waals surface area contributed by atoms with Gasteiger partial charge in [0.15, 0.2) is 0 Å². The van der Waals surface area contributed by atoms with Gasteiger partial charge in [0, 0.05) is 55.3 Å². The number of nitrogens with one attached hydrogen (secondary N) is 1. The minimum Gasteiger partial charge on any atom is -0.385 e. The molecule has 2 N–H and O–H groups in total. The Hall–Kier alpha value is -1.92. The molecular formula is C32H45ClN2O3. The fourth-order valence-electron chi connectivity index (χ4n) is 6.62. The first-order chi connectivity index (χ1) is 18.4. The Morgan fingerprint density at radius 3 is 2.74 bits per heavy atom. The van der Waals surface area contributed by atoms with E-state index >= 15 is 0 Å². The number of halogens is 1. The number of hydrogen-bond acceptors (Lipinski definition) is 4. The number of amides is 1. The number of carbonyl (C=O) groups excluding carboxylic acids is 1. The molecule has 0 radical (unpaired) electrons. The van der Waals surface area contributed by atoms with Crippen LogP contribution in [0.2, 0.25) is 5.02 Å². The average Bonchev–Trinajstić information content (AvgIpc) is 3.44. The van der Waals surface area contributed by atoms with E-state index in [0.717, 1.165) is 74.6 Å². The van der Waals surface area contributed by atoms with Crippen LogP contribution < -0.4 is 5.32 Å².